The van der Waals surface area contributed by atoms with Crippen molar-refractivity contribution in [1.29, 1.82) is 0 Å². The highest BCUT2D eigenvalue weighted by atomic mass is 32.2. The van der Waals surface area contributed by atoms with Crippen molar-refractivity contribution in [2.24, 2.45) is 4.99 Å². The Kier molecular flexibility index (Phi) is 3.95. The average molecular weight is 326 g/mol. The third kappa shape index (κ3) is 3.06. The van der Waals surface area contributed by atoms with E-state index in [2.05, 4.69) is 11.1 Å². The summed E-state index contributed by atoms with van der Waals surface area (Å²) in [5.41, 5.74) is 2.28. The van der Waals surface area contributed by atoms with Crippen LogP contribution in [0.15, 0.2) is 50.9 Å². The molecule has 1 amide bonds. The van der Waals surface area contributed by atoms with E-state index in [-0.39, 0.29) is 5.91 Å². The summed E-state index contributed by atoms with van der Waals surface area (Å²) in [6, 6.07) is 11.8. The quantitative estimate of drug-likeness (QED) is 0.827. The maximum Gasteiger partial charge on any atom is 0.289 e. The molecule has 4 rings (SSSR count). The number of aliphatic imine (C=N–C) groups is 1. The first-order valence-electron chi connectivity index (χ1n) is 8.02. The zero-order valence-corrected chi connectivity index (χ0v) is 13.6. The molecule has 0 aliphatic carbocycles. The Balaban J connectivity index is 1.44. The zero-order valence-electron chi connectivity index (χ0n) is 12.8. The number of benzene rings is 1. The molecule has 0 saturated carbocycles. The van der Waals surface area contributed by atoms with E-state index in [1.54, 1.807) is 6.07 Å². The molecule has 23 heavy (non-hydrogen) atoms. The van der Waals surface area contributed by atoms with E-state index >= 15 is 0 Å². The van der Waals surface area contributed by atoms with Crippen molar-refractivity contribution in [3.63, 3.8) is 0 Å². The molecule has 0 atom stereocenters. The fourth-order valence-electron chi connectivity index (χ4n) is 3.02. The summed E-state index contributed by atoms with van der Waals surface area (Å²) in [5, 5.41) is 1.74. The van der Waals surface area contributed by atoms with Crippen LogP contribution in [0.5, 0.6) is 0 Å². The van der Waals surface area contributed by atoms with Gasteiger partial charge in [-0.05, 0) is 54.8 Å². The highest BCUT2D eigenvalue weighted by Gasteiger charge is 2.22. The average Bonchev–Trinajstić information content (AvgIpc) is 3.21. The molecule has 2 aliphatic rings. The van der Waals surface area contributed by atoms with Crippen LogP contribution in [0, 0.1) is 0 Å². The lowest BCUT2D eigenvalue weighted by Crippen LogP contribution is -2.35. The first-order chi connectivity index (χ1) is 11.3. The second-order valence-electron chi connectivity index (χ2n) is 5.88. The van der Waals surface area contributed by atoms with Crippen molar-refractivity contribution in [3.8, 4) is 0 Å². The summed E-state index contributed by atoms with van der Waals surface area (Å²) in [6.07, 6.45) is 4.21. The number of likely N-dealkylation sites (tertiary alicyclic amines) is 1. The van der Waals surface area contributed by atoms with Crippen LogP contribution in [0.1, 0.15) is 35.4 Å². The maximum atomic E-state index is 12.4. The van der Waals surface area contributed by atoms with Crippen LogP contribution in [-0.4, -0.2) is 28.9 Å². The molecular weight excluding hydrogens is 308 g/mol. The number of amides is 1. The highest BCUT2D eigenvalue weighted by Crippen LogP contribution is 2.33. The van der Waals surface area contributed by atoms with Crippen molar-refractivity contribution >= 4 is 28.4 Å². The number of para-hydroxylation sites is 1. The van der Waals surface area contributed by atoms with Gasteiger partial charge in [0.05, 0.1) is 10.7 Å². The van der Waals surface area contributed by atoms with Gasteiger partial charge in [-0.1, -0.05) is 18.2 Å². The Morgan fingerprint density at radius 2 is 1.91 bits per heavy atom. The van der Waals surface area contributed by atoms with Gasteiger partial charge in [-0.3, -0.25) is 4.79 Å². The molecule has 0 spiro atoms. The third-order valence-corrected chi connectivity index (χ3v) is 5.12. The van der Waals surface area contributed by atoms with E-state index in [1.807, 2.05) is 29.2 Å². The topological polar surface area (TPSA) is 45.8 Å². The Hall–Kier alpha value is -2.01. The van der Waals surface area contributed by atoms with Crippen molar-refractivity contribution in [2.45, 2.75) is 30.8 Å². The predicted octanol–water partition coefficient (Wildman–Crippen LogP) is 4.28. The lowest BCUT2D eigenvalue weighted by Gasteiger charge is -2.25. The molecule has 1 aromatic carbocycles. The minimum atomic E-state index is 0.00759. The second kappa shape index (κ2) is 6.24. The molecule has 4 nitrogen and oxygen atoms in total. The third-order valence-electron chi connectivity index (χ3n) is 4.23. The molecule has 0 bridgehead atoms. The van der Waals surface area contributed by atoms with E-state index in [4.69, 9.17) is 4.42 Å². The Bertz CT molecular complexity index is 760. The minimum absolute atomic E-state index is 0.00759. The summed E-state index contributed by atoms with van der Waals surface area (Å²) in [7, 11) is 0. The first kappa shape index (κ1) is 14.6. The monoisotopic (exact) mass is 326 g/mol. The molecular formula is C18H18N2O2S. The van der Waals surface area contributed by atoms with Crippen molar-refractivity contribution < 1.29 is 9.21 Å². The SMILES string of the molecule is O=C(c1ccc(SC2=Nc3ccccc3C2)o1)N1CCCCC1. The minimum Gasteiger partial charge on any atom is -0.444 e. The number of carbonyl (C=O) groups is 1. The number of fused-ring (bicyclic) bond motifs is 1. The number of thioether (sulfide) groups is 1. The fourth-order valence-corrected chi connectivity index (χ4v) is 3.90. The van der Waals surface area contributed by atoms with Gasteiger partial charge in [0.15, 0.2) is 10.9 Å². The van der Waals surface area contributed by atoms with Crippen LogP contribution in [0.2, 0.25) is 0 Å². The number of hydrogen-bond donors (Lipinski definition) is 0. The lowest BCUT2D eigenvalue weighted by atomic mass is 10.1. The number of hydrogen-bond acceptors (Lipinski definition) is 4. The van der Waals surface area contributed by atoms with Crippen LogP contribution in [0.25, 0.3) is 0 Å². The number of carbonyl (C=O) groups excluding carboxylic acids is 1. The van der Waals surface area contributed by atoms with Crippen molar-refractivity contribution in [1.82, 2.24) is 4.90 Å². The van der Waals surface area contributed by atoms with Gasteiger partial charge in [-0.15, -0.1) is 0 Å². The van der Waals surface area contributed by atoms with E-state index < -0.39 is 0 Å². The van der Waals surface area contributed by atoms with Gasteiger partial charge >= 0.3 is 0 Å². The summed E-state index contributed by atoms with van der Waals surface area (Å²) < 4.78 is 5.75. The first-order valence-corrected chi connectivity index (χ1v) is 8.84. The normalized spacial score (nSPS) is 17.0. The number of nitrogens with zero attached hydrogens (tertiary/aromatic N) is 2. The summed E-state index contributed by atoms with van der Waals surface area (Å²) in [6.45, 7) is 1.67. The van der Waals surface area contributed by atoms with E-state index in [0.29, 0.717) is 5.76 Å². The molecule has 0 N–H and O–H groups in total. The highest BCUT2D eigenvalue weighted by molar-refractivity contribution is 8.13. The molecule has 1 saturated heterocycles. The Morgan fingerprint density at radius 3 is 2.74 bits per heavy atom. The second-order valence-corrected chi connectivity index (χ2v) is 6.96. The fraction of sp³-hybridized carbons (Fsp3) is 0.333. The van der Waals surface area contributed by atoms with Crippen LogP contribution in [-0.2, 0) is 6.42 Å². The molecule has 2 aromatic rings. The van der Waals surface area contributed by atoms with Gasteiger partial charge in [0.25, 0.3) is 5.91 Å². The van der Waals surface area contributed by atoms with E-state index in [1.165, 1.54) is 23.7 Å². The maximum absolute atomic E-state index is 12.4. The van der Waals surface area contributed by atoms with Gasteiger partial charge in [0.2, 0.25) is 0 Å². The van der Waals surface area contributed by atoms with Crippen molar-refractivity contribution in [2.75, 3.05) is 13.1 Å². The van der Waals surface area contributed by atoms with Gasteiger partial charge in [-0.25, -0.2) is 4.99 Å². The predicted molar refractivity (Wildman–Crippen MR) is 91.6 cm³/mol. The van der Waals surface area contributed by atoms with Gasteiger partial charge in [-0.2, -0.15) is 0 Å². The molecule has 1 aromatic heterocycles. The Labute approximate surface area is 139 Å². The molecule has 118 valence electrons. The standard InChI is InChI=1S/C18H18N2O2S/c21-18(20-10-4-1-5-11-20)15-8-9-17(22-15)23-16-12-13-6-2-3-7-14(13)19-16/h2-3,6-9H,1,4-5,10-12H2. The van der Waals surface area contributed by atoms with Crippen LogP contribution >= 0.6 is 11.8 Å². The molecule has 1 fully saturated rings. The summed E-state index contributed by atoms with van der Waals surface area (Å²) >= 11 is 1.51. The summed E-state index contributed by atoms with van der Waals surface area (Å²) in [4.78, 5) is 18.9. The smallest absolute Gasteiger partial charge is 0.289 e. The van der Waals surface area contributed by atoms with Gasteiger partial charge in [0, 0.05) is 19.5 Å². The molecule has 0 unspecified atom stereocenters. The van der Waals surface area contributed by atoms with Crippen molar-refractivity contribution in [3.05, 3.63) is 47.7 Å². The molecule has 2 aliphatic heterocycles. The van der Waals surface area contributed by atoms with Crippen LogP contribution in [0.4, 0.5) is 5.69 Å². The number of rotatable bonds is 2. The number of piperidine rings is 1. The Morgan fingerprint density at radius 1 is 1.09 bits per heavy atom. The lowest BCUT2D eigenvalue weighted by molar-refractivity contribution is 0.0686. The molecule has 3 heterocycles. The van der Waals surface area contributed by atoms with Gasteiger partial charge in [0.1, 0.15) is 0 Å². The molecule has 5 heteroatoms. The summed E-state index contributed by atoms with van der Waals surface area (Å²) in [5.74, 6) is 0.443. The number of furan rings is 1. The van der Waals surface area contributed by atoms with Gasteiger partial charge < -0.3 is 9.32 Å². The molecule has 0 radical (unpaired) electrons. The largest absolute Gasteiger partial charge is 0.444 e. The van der Waals surface area contributed by atoms with Crippen LogP contribution < -0.4 is 0 Å². The zero-order chi connectivity index (χ0) is 15.6. The van der Waals surface area contributed by atoms with E-state index in [0.717, 1.165) is 48.2 Å². The van der Waals surface area contributed by atoms with E-state index in [9.17, 15) is 4.79 Å². The van der Waals surface area contributed by atoms with Crippen LogP contribution in [0.3, 0.4) is 0 Å².